The highest BCUT2D eigenvalue weighted by Gasteiger charge is 2.30. The highest BCUT2D eigenvalue weighted by atomic mass is 32.2. The number of anilines is 1. The number of nitrogens with one attached hydrogen (secondary N) is 1. The van der Waals surface area contributed by atoms with Crippen LogP contribution in [0.5, 0.6) is 0 Å². The van der Waals surface area contributed by atoms with Crippen LogP contribution in [-0.2, 0) is 10.0 Å². The molecule has 2 aromatic carbocycles. The van der Waals surface area contributed by atoms with E-state index < -0.39 is 21.8 Å². The molecule has 3 rings (SSSR count). The van der Waals surface area contributed by atoms with Gasteiger partial charge < -0.3 is 0 Å². The maximum absolute atomic E-state index is 12.9. The summed E-state index contributed by atoms with van der Waals surface area (Å²) < 4.78 is 27.0. The molecule has 0 bridgehead atoms. The molecule has 0 atom stereocenters. The van der Waals surface area contributed by atoms with E-state index in [9.17, 15) is 18.0 Å². The van der Waals surface area contributed by atoms with Gasteiger partial charge in [0.1, 0.15) is 0 Å². The first-order valence-electron chi connectivity index (χ1n) is 7.28. The summed E-state index contributed by atoms with van der Waals surface area (Å²) in [6, 6.07) is 9.49. The van der Waals surface area contributed by atoms with Crippen molar-refractivity contribution in [3.8, 4) is 0 Å². The van der Waals surface area contributed by atoms with Crippen molar-refractivity contribution in [3.63, 3.8) is 0 Å². The number of amides is 2. The summed E-state index contributed by atoms with van der Waals surface area (Å²) in [5, 5.41) is 2.15. The van der Waals surface area contributed by atoms with E-state index in [0.29, 0.717) is 5.69 Å². The summed E-state index contributed by atoms with van der Waals surface area (Å²) in [4.78, 5) is 23.3. The van der Waals surface area contributed by atoms with Crippen LogP contribution in [0.25, 0.3) is 0 Å². The zero-order chi connectivity index (χ0) is 17.6. The number of sulfonamides is 1. The van der Waals surface area contributed by atoms with Gasteiger partial charge >= 0.3 is 0 Å². The van der Waals surface area contributed by atoms with E-state index in [1.807, 2.05) is 26.0 Å². The summed E-state index contributed by atoms with van der Waals surface area (Å²) in [7, 11) is -2.38. The molecule has 1 aliphatic rings. The van der Waals surface area contributed by atoms with E-state index in [1.54, 1.807) is 6.07 Å². The van der Waals surface area contributed by atoms with Crippen LogP contribution in [0.2, 0.25) is 0 Å². The Kier molecular flexibility index (Phi) is 3.68. The van der Waals surface area contributed by atoms with Crippen molar-refractivity contribution < 1.29 is 18.0 Å². The third-order valence-corrected chi connectivity index (χ3v) is 5.84. The van der Waals surface area contributed by atoms with Gasteiger partial charge in [-0.25, -0.2) is 8.42 Å². The van der Waals surface area contributed by atoms with Gasteiger partial charge in [0.2, 0.25) is 0 Å². The minimum absolute atomic E-state index is 0.0329. The summed E-state index contributed by atoms with van der Waals surface area (Å²) in [6.45, 7) is 3.71. The molecule has 1 heterocycles. The molecule has 2 aromatic rings. The Hall–Kier alpha value is -2.67. The van der Waals surface area contributed by atoms with Crippen LogP contribution in [0, 0.1) is 13.8 Å². The first-order valence-corrected chi connectivity index (χ1v) is 8.72. The summed E-state index contributed by atoms with van der Waals surface area (Å²) >= 11 is 0. The van der Waals surface area contributed by atoms with Gasteiger partial charge in [0.25, 0.3) is 21.8 Å². The first kappa shape index (κ1) is 16.2. The fourth-order valence-corrected chi connectivity index (χ4v) is 3.93. The van der Waals surface area contributed by atoms with Gasteiger partial charge in [-0.15, -0.1) is 0 Å². The largest absolute Gasteiger partial charge is 0.288 e. The minimum Gasteiger partial charge on any atom is -0.288 e. The zero-order valence-corrected chi connectivity index (χ0v) is 14.3. The standard InChI is InChI=1S/C17H16N2O4S/c1-10-4-5-11(2)15(8-10)19(3)24(22,23)12-6-7-13-14(9-12)17(21)18-16(13)20/h4-9H,1-3H3,(H,18,20,21). The maximum atomic E-state index is 12.9. The van der Waals surface area contributed by atoms with Crippen LogP contribution >= 0.6 is 0 Å². The lowest BCUT2D eigenvalue weighted by Gasteiger charge is -2.22. The van der Waals surface area contributed by atoms with Gasteiger partial charge in [0, 0.05) is 7.05 Å². The quantitative estimate of drug-likeness (QED) is 0.864. The van der Waals surface area contributed by atoms with E-state index >= 15 is 0 Å². The lowest BCUT2D eigenvalue weighted by Crippen LogP contribution is -2.27. The number of hydrogen-bond acceptors (Lipinski definition) is 4. The monoisotopic (exact) mass is 344 g/mol. The highest BCUT2D eigenvalue weighted by molar-refractivity contribution is 7.92. The SMILES string of the molecule is Cc1ccc(C)c(N(C)S(=O)(=O)c2ccc3c(c2)C(=O)NC3=O)c1. The summed E-state index contributed by atoms with van der Waals surface area (Å²) in [5.41, 5.74) is 2.59. The third-order valence-electron chi connectivity index (χ3n) is 4.07. The van der Waals surface area contributed by atoms with E-state index in [4.69, 9.17) is 0 Å². The average molecular weight is 344 g/mol. The van der Waals surface area contributed by atoms with Crippen molar-refractivity contribution in [2.75, 3.05) is 11.4 Å². The molecular weight excluding hydrogens is 328 g/mol. The molecule has 1 N–H and O–H groups in total. The molecule has 6 nitrogen and oxygen atoms in total. The van der Waals surface area contributed by atoms with Crippen LogP contribution in [0.4, 0.5) is 5.69 Å². The van der Waals surface area contributed by atoms with Gasteiger partial charge in [-0.2, -0.15) is 0 Å². The third kappa shape index (κ3) is 2.46. The Morgan fingerprint density at radius 2 is 1.58 bits per heavy atom. The van der Waals surface area contributed by atoms with Gasteiger partial charge in [-0.3, -0.25) is 19.2 Å². The lowest BCUT2D eigenvalue weighted by atomic mass is 10.1. The van der Waals surface area contributed by atoms with Crippen LogP contribution in [-0.4, -0.2) is 27.3 Å². The second kappa shape index (κ2) is 5.45. The molecule has 7 heteroatoms. The smallest absolute Gasteiger partial charge is 0.264 e. The number of benzene rings is 2. The van der Waals surface area contributed by atoms with Crippen molar-refractivity contribution in [1.82, 2.24) is 5.32 Å². The van der Waals surface area contributed by atoms with Crippen molar-refractivity contribution >= 4 is 27.5 Å². The molecule has 2 amide bonds. The number of imide groups is 1. The molecule has 0 spiro atoms. The van der Waals surface area contributed by atoms with Crippen LogP contribution in [0.15, 0.2) is 41.3 Å². The van der Waals surface area contributed by atoms with Gasteiger partial charge in [-0.05, 0) is 49.2 Å². The molecule has 0 saturated carbocycles. The molecule has 24 heavy (non-hydrogen) atoms. The van der Waals surface area contributed by atoms with Crippen molar-refractivity contribution in [2.45, 2.75) is 18.7 Å². The molecule has 0 aromatic heterocycles. The Labute approximate surface area is 140 Å². The first-order chi connectivity index (χ1) is 11.2. The fourth-order valence-electron chi connectivity index (χ4n) is 2.65. The molecule has 0 saturated heterocycles. The van der Waals surface area contributed by atoms with Crippen LogP contribution < -0.4 is 9.62 Å². The number of fused-ring (bicyclic) bond motifs is 1. The predicted molar refractivity (Wildman–Crippen MR) is 89.7 cm³/mol. The minimum atomic E-state index is -3.85. The van der Waals surface area contributed by atoms with Gasteiger partial charge in [0.15, 0.2) is 0 Å². The van der Waals surface area contributed by atoms with E-state index in [-0.39, 0.29) is 16.0 Å². The highest BCUT2D eigenvalue weighted by Crippen LogP contribution is 2.28. The summed E-state index contributed by atoms with van der Waals surface area (Å²) in [5.74, 6) is -1.09. The van der Waals surface area contributed by atoms with Crippen molar-refractivity contribution in [2.24, 2.45) is 0 Å². The molecule has 1 aliphatic heterocycles. The summed E-state index contributed by atoms with van der Waals surface area (Å²) in [6.07, 6.45) is 0. The van der Waals surface area contributed by atoms with Gasteiger partial charge in [0.05, 0.1) is 21.7 Å². The Bertz CT molecular complexity index is 980. The number of aryl methyl sites for hydroxylation is 2. The van der Waals surface area contributed by atoms with Crippen LogP contribution in [0.1, 0.15) is 31.8 Å². The molecule has 124 valence electrons. The second-order valence-corrected chi connectivity index (χ2v) is 7.72. The number of rotatable bonds is 3. The molecular formula is C17H16N2O4S. The Morgan fingerprint density at radius 1 is 0.917 bits per heavy atom. The van der Waals surface area contributed by atoms with E-state index in [1.165, 1.54) is 29.6 Å². The molecule has 0 fully saturated rings. The lowest BCUT2D eigenvalue weighted by molar-refractivity contribution is 0.0879. The van der Waals surface area contributed by atoms with E-state index in [2.05, 4.69) is 5.32 Å². The number of carbonyl (C=O) groups is 2. The topological polar surface area (TPSA) is 83.6 Å². The number of nitrogens with zero attached hydrogens (tertiary/aromatic N) is 1. The van der Waals surface area contributed by atoms with Crippen molar-refractivity contribution in [1.29, 1.82) is 0 Å². The average Bonchev–Trinajstić information content (AvgIpc) is 2.83. The van der Waals surface area contributed by atoms with E-state index in [0.717, 1.165) is 11.1 Å². The Balaban J connectivity index is 2.08. The fraction of sp³-hybridized carbons (Fsp3) is 0.176. The Morgan fingerprint density at radius 3 is 2.29 bits per heavy atom. The normalized spacial score (nSPS) is 13.6. The van der Waals surface area contributed by atoms with Crippen molar-refractivity contribution in [3.05, 3.63) is 58.7 Å². The molecule has 0 unspecified atom stereocenters. The molecule has 0 aliphatic carbocycles. The number of carbonyl (C=O) groups excluding carboxylic acids is 2. The van der Waals surface area contributed by atoms with Gasteiger partial charge in [-0.1, -0.05) is 12.1 Å². The maximum Gasteiger partial charge on any atom is 0.264 e. The zero-order valence-electron chi connectivity index (χ0n) is 13.5. The predicted octanol–water partition coefficient (Wildman–Crippen LogP) is 2.01. The number of hydrogen-bond donors (Lipinski definition) is 1. The molecule has 0 radical (unpaired) electrons. The van der Waals surface area contributed by atoms with Crippen LogP contribution in [0.3, 0.4) is 0 Å². The second-order valence-electron chi connectivity index (χ2n) is 5.75.